The van der Waals surface area contributed by atoms with Crippen LogP contribution in [0.1, 0.15) is 50.1 Å². The lowest BCUT2D eigenvalue weighted by Crippen LogP contribution is -2.35. The Morgan fingerprint density at radius 3 is 2.79 bits per heavy atom. The van der Waals surface area contributed by atoms with E-state index in [0.29, 0.717) is 12.0 Å². The molecular weight excluding hydrogens is 393 g/mol. The summed E-state index contributed by atoms with van der Waals surface area (Å²) in [6.07, 6.45) is 14.2. The van der Waals surface area contributed by atoms with Crippen LogP contribution in [-0.4, -0.2) is 33.8 Å². The molecule has 1 N–H and O–H groups in total. The number of pyridine rings is 1. The fourth-order valence-corrected chi connectivity index (χ4v) is 4.94. The molecule has 1 aromatic heterocycles. The molecule has 146 valence electrons. The molecule has 2 aliphatic carbocycles. The van der Waals surface area contributed by atoms with Gasteiger partial charge in [-0.1, -0.05) is 23.2 Å². The summed E-state index contributed by atoms with van der Waals surface area (Å²) < 4.78 is 0. The predicted octanol–water partition coefficient (Wildman–Crippen LogP) is 4.89. The molecule has 0 unspecified atom stereocenters. The van der Waals surface area contributed by atoms with Crippen molar-refractivity contribution < 1.29 is 0 Å². The number of hydrogen-bond donors (Lipinski definition) is 1. The number of allylic oxidation sites excluding steroid dienone is 2. The van der Waals surface area contributed by atoms with Gasteiger partial charge in [-0.3, -0.25) is 4.98 Å². The largest absolute Gasteiger partial charge is 0.358 e. The maximum atomic E-state index is 6.24. The third-order valence-corrected chi connectivity index (χ3v) is 6.65. The molecule has 2 aliphatic heterocycles. The summed E-state index contributed by atoms with van der Waals surface area (Å²) in [6.45, 7) is 0.872. The van der Waals surface area contributed by atoms with Gasteiger partial charge in [0, 0.05) is 46.3 Å². The van der Waals surface area contributed by atoms with Crippen LogP contribution in [0.15, 0.2) is 57.8 Å². The van der Waals surface area contributed by atoms with Gasteiger partial charge < -0.3 is 10.2 Å². The fraction of sp³-hybridized carbons (Fsp3) is 0.429. The Balaban J connectivity index is 1.27. The Labute approximate surface area is 175 Å². The monoisotopic (exact) mass is 415 g/mol. The number of fused-ring (bicyclic) bond motifs is 1. The predicted molar refractivity (Wildman–Crippen MR) is 113 cm³/mol. The molecule has 4 aliphatic rings. The molecule has 28 heavy (non-hydrogen) atoms. The molecule has 3 heterocycles. The first-order chi connectivity index (χ1) is 13.7. The van der Waals surface area contributed by atoms with E-state index in [0.717, 1.165) is 72.3 Å². The highest BCUT2D eigenvalue weighted by Crippen LogP contribution is 2.38. The molecule has 1 fully saturated rings. The normalized spacial score (nSPS) is 26.9. The minimum Gasteiger partial charge on any atom is -0.358 e. The Morgan fingerprint density at radius 2 is 1.96 bits per heavy atom. The fourth-order valence-electron chi connectivity index (χ4n) is 4.57. The summed E-state index contributed by atoms with van der Waals surface area (Å²) in [5.74, 6) is 1.61. The Hall–Kier alpha value is -1.98. The summed E-state index contributed by atoms with van der Waals surface area (Å²) in [4.78, 5) is 6.78. The topological polar surface area (TPSA) is 43.8 Å². The van der Waals surface area contributed by atoms with Crippen molar-refractivity contribution in [2.75, 3.05) is 6.54 Å². The van der Waals surface area contributed by atoms with Crippen molar-refractivity contribution in [2.45, 2.75) is 50.5 Å². The summed E-state index contributed by atoms with van der Waals surface area (Å²) in [5.41, 5.74) is 3.65. The van der Waals surface area contributed by atoms with Crippen molar-refractivity contribution >= 4 is 29.5 Å². The standard InChI is InChI=1S/C21H23Cl2N5/c22-16-4-1-15-12-27-13-26-28(21(27)11-25-20(15)9-16)18-5-2-14(3-6-18)19-10-17(23)7-8-24-19/h7-11,13-14,18,25H,1-6,12H2/t14-,18-. The lowest BCUT2D eigenvalue weighted by Gasteiger charge is -2.34. The van der Waals surface area contributed by atoms with Gasteiger partial charge in [-0.05, 0) is 62.3 Å². The first-order valence-electron chi connectivity index (χ1n) is 9.93. The molecular formula is C21H23Cl2N5. The molecule has 1 aromatic rings. The number of rotatable bonds is 2. The van der Waals surface area contributed by atoms with Gasteiger partial charge >= 0.3 is 0 Å². The van der Waals surface area contributed by atoms with Gasteiger partial charge in [0.15, 0.2) is 0 Å². The van der Waals surface area contributed by atoms with Crippen molar-refractivity contribution in [3.05, 3.63) is 63.4 Å². The van der Waals surface area contributed by atoms with Crippen LogP contribution < -0.4 is 5.32 Å². The zero-order valence-corrected chi connectivity index (χ0v) is 17.1. The van der Waals surface area contributed by atoms with E-state index in [4.69, 9.17) is 28.3 Å². The van der Waals surface area contributed by atoms with Gasteiger partial charge in [-0.2, -0.15) is 5.10 Å². The Morgan fingerprint density at radius 1 is 1.11 bits per heavy atom. The van der Waals surface area contributed by atoms with Crippen molar-refractivity contribution in [3.63, 3.8) is 0 Å². The SMILES string of the molecule is ClC1=CC2=C(CC1)CN1C=NN([C@H]3CC[C@H](c4cc(Cl)ccn4)CC3)C1=CN2. The van der Waals surface area contributed by atoms with Gasteiger partial charge in [0.1, 0.15) is 12.2 Å². The lowest BCUT2D eigenvalue weighted by molar-refractivity contribution is 0.183. The number of nitrogens with zero attached hydrogens (tertiary/aromatic N) is 4. The summed E-state index contributed by atoms with van der Waals surface area (Å²) in [7, 11) is 0. The second-order valence-electron chi connectivity index (χ2n) is 7.86. The van der Waals surface area contributed by atoms with Crippen LogP contribution in [0.5, 0.6) is 0 Å². The van der Waals surface area contributed by atoms with Crippen molar-refractivity contribution in [1.29, 1.82) is 0 Å². The zero-order valence-electron chi connectivity index (χ0n) is 15.6. The van der Waals surface area contributed by atoms with Crippen molar-refractivity contribution in [2.24, 2.45) is 5.10 Å². The van der Waals surface area contributed by atoms with Crippen molar-refractivity contribution in [3.8, 4) is 0 Å². The summed E-state index contributed by atoms with van der Waals surface area (Å²) >= 11 is 12.4. The first-order valence-corrected chi connectivity index (χ1v) is 10.7. The first kappa shape index (κ1) is 18.1. The van der Waals surface area contributed by atoms with Crippen molar-refractivity contribution in [1.82, 2.24) is 20.2 Å². The maximum Gasteiger partial charge on any atom is 0.147 e. The average Bonchev–Trinajstić information content (AvgIpc) is 3.02. The second-order valence-corrected chi connectivity index (χ2v) is 8.79. The summed E-state index contributed by atoms with van der Waals surface area (Å²) in [5, 5.41) is 12.1. The van der Waals surface area contributed by atoms with Crippen LogP contribution in [0, 0.1) is 0 Å². The van der Waals surface area contributed by atoms with Crippen LogP contribution >= 0.6 is 23.2 Å². The van der Waals surface area contributed by atoms with Gasteiger partial charge in [0.05, 0.1) is 6.04 Å². The molecule has 5 rings (SSSR count). The highest BCUT2D eigenvalue weighted by Gasteiger charge is 2.34. The van der Waals surface area contributed by atoms with Crippen LogP contribution in [-0.2, 0) is 0 Å². The third-order valence-electron chi connectivity index (χ3n) is 6.11. The zero-order chi connectivity index (χ0) is 19.1. The van der Waals surface area contributed by atoms with Gasteiger partial charge in [0.2, 0.25) is 0 Å². The van der Waals surface area contributed by atoms with Crippen LogP contribution in [0.3, 0.4) is 0 Å². The smallest absolute Gasteiger partial charge is 0.147 e. The minimum absolute atomic E-state index is 0.416. The quantitative estimate of drug-likeness (QED) is 0.745. The molecule has 1 saturated carbocycles. The molecule has 0 radical (unpaired) electrons. The second kappa shape index (κ2) is 7.45. The van der Waals surface area contributed by atoms with Crippen LogP contribution in [0.25, 0.3) is 0 Å². The molecule has 0 spiro atoms. The van der Waals surface area contributed by atoms with E-state index in [1.807, 2.05) is 24.7 Å². The van der Waals surface area contributed by atoms with Gasteiger partial charge in [-0.25, -0.2) is 5.01 Å². The maximum absolute atomic E-state index is 6.24. The Kier molecular flexibility index (Phi) is 4.81. The molecule has 0 atom stereocenters. The minimum atomic E-state index is 0.416. The molecule has 0 bridgehead atoms. The lowest BCUT2D eigenvalue weighted by atomic mass is 9.83. The number of halogens is 2. The van der Waals surface area contributed by atoms with E-state index >= 15 is 0 Å². The molecule has 0 amide bonds. The van der Waals surface area contributed by atoms with Crippen LogP contribution in [0.2, 0.25) is 5.02 Å². The van der Waals surface area contributed by atoms with E-state index < -0.39 is 0 Å². The average molecular weight is 416 g/mol. The molecule has 5 nitrogen and oxygen atoms in total. The Bertz CT molecular complexity index is 896. The van der Waals surface area contributed by atoms with Gasteiger partial charge in [0.25, 0.3) is 0 Å². The van der Waals surface area contributed by atoms with E-state index in [9.17, 15) is 0 Å². The molecule has 0 saturated heterocycles. The van der Waals surface area contributed by atoms with E-state index in [1.54, 1.807) is 0 Å². The van der Waals surface area contributed by atoms with E-state index in [1.165, 1.54) is 5.57 Å². The van der Waals surface area contributed by atoms with Gasteiger partial charge in [-0.15, -0.1) is 0 Å². The summed E-state index contributed by atoms with van der Waals surface area (Å²) in [6, 6.07) is 4.26. The number of nitrogens with one attached hydrogen (secondary N) is 1. The van der Waals surface area contributed by atoms with Crippen LogP contribution in [0.4, 0.5) is 0 Å². The van der Waals surface area contributed by atoms with E-state index in [-0.39, 0.29) is 0 Å². The molecule has 7 heteroatoms. The third kappa shape index (κ3) is 3.42. The number of hydrogen-bond acceptors (Lipinski definition) is 5. The number of aromatic nitrogens is 1. The number of hydrazone groups is 1. The van der Waals surface area contributed by atoms with E-state index in [2.05, 4.69) is 32.5 Å². The molecule has 0 aromatic carbocycles. The highest BCUT2D eigenvalue weighted by atomic mass is 35.5. The highest BCUT2D eigenvalue weighted by molar-refractivity contribution is 6.30.